The van der Waals surface area contributed by atoms with Crippen molar-refractivity contribution in [2.75, 3.05) is 6.61 Å². The van der Waals surface area contributed by atoms with Gasteiger partial charge in [0.05, 0.1) is 12.2 Å². The number of nitrogens with zero attached hydrogens (tertiary/aromatic N) is 1. The molecule has 0 aliphatic heterocycles. The fourth-order valence-corrected chi connectivity index (χ4v) is 1.36. The van der Waals surface area contributed by atoms with Crippen LogP contribution >= 0.6 is 15.9 Å². The average Bonchev–Trinajstić information content (AvgIpc) is 2.30. The zero-order valence-electron chi connectivity index (χ0n) is 10.1. The average molecular weight is 328 g/mol. The Morgan fingerprint density at radius 2 is 2.00 bits per heavy atom. The molecule has 0 fully saturated rings. The molecule has 1 rings (SSSR count). The molecule has 1 aromatic rings. The molecule has 0 aliphatic rings. The van der Waals surface area contributed by atoms with E-state index in [9.17, 15) is 18.0 Å². The van der Waals surface area contributed by atoms with E-state index in [2.05, 4.69) is 25.7 Å². The summed E-state index contributed by atoms with van der Waals surface area (Å²) in [6.07, 6.45) is -3.70. The van der Waals surface area contributed by atoms with Gasteiger partial charge in [-0.25, -0.2) is 9.78 Å². The lowest BCUT2D eigenvalue weighted by molar-refractivity contribution is -0.141. The lowest BCUT2D eigenvalue weighted by Gasteiger charge is -2.10. The molecule has 102 valence electrons. The van der Waals surface area contributed by atoms with E-state index >= 15 is 0 Å². The van der Waals surface area contributed by atoms with Crippen molar-refractivity contribution in [1.82, 2.24) is 4.98 Å². The van der Waals surface area contributed by atoms with Gasteiger partial charge in [-0.05, 0) is 28.9 Å². The van der Waals surface area contributed by atoms with Crippen LogP contribution in [-0.4, -0.2) is 17.6 Å². The minimum Gasteiger partial charge on any atom is -0.462 e. The predicted molar refractivity (Wildman–Crippen MR) is 64.2 cm³/mol. The minimum absolute atomic E-state index is 0.00262. The summed E-state index contributed by atoms with van der Waals surface area (Å²) in [5, 5.41) is 0. The molecule has 0 saturated carbocycles. The Morgan fingerprint density at radius 1 is 1.44 bits per heavy atom. The number of aromatic nitrogens is 1. The largest absolute Gasteiger partial charge is 0.462 e. The summed E-state index contributed by atoms with van der Waals surface area (Å²) < 4.78 is 42.3. The monoisotopic (exact) mass is 327 g/mol. The summed E-state index contributed by atoms with van der Waals surface area (Å²) in [6, 6.07) is 1.04. The molecule has 0 aromatic carbocycles. The lowest BCUT2D eigenvalue weighted by Crippen LogP contribution is -2.17. The molecular formula is C11H13BrF3NO2. The van der Waals surface area contributed by atoms with Crippen LogP contribution in [-0.2, 0) is 10.9 Å². The standard InChI is InChI=1S/C9H7BrF3NO2.C2H6/c1-2-16-8(15)6-3-5(10)4-14-7(6)9(11,12)13;1-2/h3-4H,2H2,1H3;1-2H3. The smallest absolute Gasteiger partial charge is 0.434 e. The van der Waals surface area contributed by atoms with E-state index in [1.54, 1.807) is 0 Å². The Morgan fingerprint density at radius 3 is 2.44 bits per heavy atom. The van der Waals surface area contributed by atoms with Crippen molar-refractivity contribution >= 4 is 21.9 Å². The summed E-state index contributed by atoms with van der Waals surface area (Å²) in [6.45, 7) is 5.51. The normalized spacial score (nSPS) is 10.4. The Kier molecular flexibility index (Phi) is 6.90. The highest BCUT2D eigenvalue weighted by Crippen LogP contribution is 2.31. The number of hydrogen-bond acceptors (Lipinski definition) is 3. The van der Waals surface area contributed by atoms with E-state index in [0.717, 1.165) is 12.3 Å². The third-order valence-electron chi connectivity index (χ3n) is 1.62. The highest BCUT2D eigenvalue weighted by atomic mass is 79.9. The Balaban J connectivity index is 0.00000137. The summed E-state index contributed by atoms with van der Waals surface area (Å²) in [5.74, 6) is -1.04. The number of pyridine rings is 1. The number of alkyl halides is 3. The molecule has 1 heterocycles. The number of rotatable bonds is 2. The van der Waals surface area contributed by atoms with Crippen LogP contribution in [0, 0.1) is 0 Å². The van der Waals surface area contributed by atoms with Crippen molar-refractivity contribution in [2.24, 2.45) is 0 Å². The van der Waals surface area contributed by atoms with Gasteiger partial charge in [0.25, 0.3) is 0 Å². The summed E-state index contributed by atoms with van der Waals surface area (Å²) >= 11 is 2.94. The Labute approximate surface area is 111 Å². The first-order valence-corrected chi connectivity index (χ1v) is 6.05. The van der Waals surface area contributed by atoms with Crippen LogP contribution in [0.3, 0.4) is 0 Å². The predicted octanol–water partition coefficient (Wildman–Crippen LogP) is 4.07. The van der Waals surface area contributed by atoms with Gasteiger partial charge in [-0.3, -0.25) is 0 Å². The van der Waals surface area contributed by atoms with Crippen molar-refractivity contribution in [3.8, 4) is 0 Å². The Bertz CT molecular complexity index is 408. The number of ether oxygens (including phenoxy) is 1. The highest BCUT2D eigenvalue weighted by molar-refractivity contribution is 9.10. The molecule has 0 bridgehead atoms. The third-order valence-corrected chi connectivity index (χ3v) is 2.05. The fourth-order valence-electron chi connectivity index (χ4n) is 1.03. The first-order valence-electron chi connectivity index (χ1n) is 5.26. The van der Waals surface area contributed by atoms with E-state index in [0.29, 0.717) is 0 Å². The number of carbonyl (C=O) groups excluding carboxylic acids is 1. The molecule has 0 spiro atoms. The third kappa shape index (κ3) is 4.64. The van der Waals surface area contributed by atoms with Gasteiger partial charge in [0.15, 0.2) is 5.69 Å². The molecule has 0 saturated heterocycles. The van der Waals surface area contributed by atoms with Gasteiger partial charge < -0.3 is 4.74 Å². The second-order valence-electron chi connectivity index (χ2n) is 2.77. The second-order valence-corrected chi connectivity index (χ2v) is 3.68. The van der Waals surface area contributed by atoms with E-state index in [4.69, 9.17) is 0 Å². The van der Waals surface area contributed by atoms with Crippen molar-refractivity contribution in [3.63, 3.8) is 0 Å². The maximum absolute atomic E-state index is 12.5. The van der Waals surface area contributed by atoms with E-state index in [1.165, 1.54) is 6.92 Å². The van der Waals surface area contributed by atoms with Gasteiger partial charge in [0.1, 0.15) is 0 Å². The van der Waals surface area contributed by atoms with Gasteiger partial charge in [0.2, 0.25) is 0 Å². The second kappa shape index (κ2) is 7.35. The molecular weight excluding hydrogens is 315 g/mol. The van der Waals surface area contributed by atoms with E-state index in [-0.39, 0.29) is 11.1 Å². The van der Waals surface area contributed by atoms with Crippen molar-refractivity contribution < 1.29 is 22.7 Å². The van der Waals surface area contributed by atoms with Gasteiger partial charge in [-0.2, -0.15) is 13.2 Å². The maximum atomic E-state index is 12.5. The fraction of sp³-hybridized carbons (Fsp3) is 0.455. The molecule has 7 heteroatoms. The van der Waals surface area contributed by atoms with E-state index in [1.807, 2.05) is 13.8 Å². The maximum Gasteiger partial charge on any atom is 0.434 e. The number of esters is 1. The first kappa shape index (κ1) is 16.9. The molecule has 3 nitrogen and oxygen atoms in total. The zero-order valence-corrected chi connectivity index (χ0v) is 11.7. The van der Waals surface area contributed by atoms with Crippen LogP contribution in [0.25, 0.3) is 0 Å². The van der Waals surface area contributed by atoms with Gasteiger partial charge in [0, 0.05) is 10.7 Å². The van der Waals surface area contributed by atoms with Crippen LogP contribution in [0.4, 0.5) is 13.2 Å². The molecule has 0 N–H and O–H groups in total. The van der Waals surface area contributed by atoms with Crippen LogP contribution in [0.15, 0.2) is 16.7 Å². The van der Waals surface area contributed by atoms with Crippen molar-refractivity contribution in [3.05, 3.63) is 28.0 Å². The van der Waals surface area contributed by atoms with Crippen molar-refractivity contribution in [2.45, 2.75) is 26.9 Å². The highest BCUT2D eigenvalue weighted by Gasteiger charge is 2.37. The summed E-state index contributed by atoms with van der Waals surface area (Å²) in [4.78, 5) is 14.5. The quantitative estimate of drug-likeness (QED) is 0.769. The zero-order chi connectivity index (χ0) is 14.3. The van der Waals surface area contributed by atoms with Gasteiger partial charge >= 0.3 is 12.1 Å². The van der Waals surface area contributed by atoms with Crippen LogP contribution in [0.5, 0.6) is 0 Å². The van der Waals surface area contributed by atoms with Gasteiger partial charge in [-0.15, -0.1) is 0 Å². The van der Waals surface area contributed by atoms with Gasteiger partial charge in [-0.1, -0.05) is 13.8 Å². The first-order chi connectivity index (χ1) is 8.36. The van der Waals surface area contributed by atoms with E-state index < -0.39 is 23.4 Å². The Hall–Kier alpha value is -1.11. The molecule has 0 atom stereocenters. The van der Waals surface area contributed by atoms with Crippen molar-refractivity contribution in [1.29, 1.82) is 0 Å². The molecule has 1 aromatic heterocycles. The summed E-state index contributed by atoms with van der Waals surface area (Å²) in [5.41, 5.74) is -1.84. The number of hydrogen-bond donors (Lipinski definition) is 0. The SMILES string of the molecule is CC.CCOC(=O)c1cc(Br)cnc1C(F)(F)F. The molecule has 0 aliphatic carbocycles. The van der Waals surface area contributed by atoms with Crippen LogP contribution in [0.1, 0.15) is 36.8 Å². The molecule has 18 heavy (non-hydrogen) atoms. The molecule has 0 amide bonds. The lowest BCUT2D eigenvalue weighted by atomic mass is 10.2. The summed E-state index contributed by atoms with van der Waals surface area (Å²) in [7, 11) is 0. The van der Waals surface area contributed by atoms with Crippen LogP contribution in [0.2, 0.25) is 0 Å². The minimum atomic E-state index is -4.68. The molecule has 0 unspecified atom stereocenters. The number of carbonyl (C=O) groups is 1. The topological polar surface area (TPSA) is 39.2 Å². The number of halogens is 4. The van der Waals surface area contributed by atoms with Crippen LogP contribution < -0.4 is 0 Å². The molecule has 0 radical (unpaired) electrons.